The first-order valence-electron chi connectivity index (χ1n) is 9.16. The van der Waals surface area contributed by atoms with Crippen molar-refractivity contribution in [3.63, 3.8) is 0 Å². The average molecular weight is 391 g/mol. The van der Waals surface area contributed by atoms with Crippen LogP contribution in [0.1, 0.15) is 25.3 Å². The summed E-state index contributed by atoms with van der Waals surface area (Å²) in [5.41, 5.74) is 1.12. The highest BCUT2D eigenvalue weighted by Crippen LogP contribution is 2.26. The molecule has 3 rings (SSSR count). The average Bonchev–Trinajstić information content (AvgIpc) is 2.68. The Kier molecular flexibility index (Phi) is 5.96. The van der Waals surface area contributed by atoms with Crippen molar-refractivity contribution in [1.82, 2.24) is 14.3 Å². The first-order valence-corrected chi connectivity index (χ1v) is 10.6. The number of aryl methyl sites for hydroxylation is 1. The topological polar surface area (TPSA) is 75.6 Å². The van der Waals surface area contributed by atoms with Crippen LogP contribution in [0.5, 0.6) is 5.88 Å². The van der Waals surface area contributed by atoms with Gasteiger partial charge in [0.25, 0.3) is 5.88 Å². The van der Waals surface area contributed by atoms with Gasteiger partial charge in [-0.25, -0.2) is 18.4 Å². The first-order chi connectivity index (χ1) is 12.9. The lowest BCUT2D eigenvalue weighted by Crippen LogP contribution is -2.44. The summed E-state index contributed by atoms with van der Waals surface area (Å²) in [6, 6.07) is 7.11. The second kappa shape index (κ2) is 8.22. The molecule has 2 aromatic rings. The second-order valence-electron chi connectivity index (χ2n) is 6.82. The number of nitrogens with zero attached hydrogens (tertiary/aromatic N) is 4. The lowest BCUT2D eigenvalue weighted by molar-refractivity contribution is 0.125. The molecule has 1 unspecified atom stereocenters. The van der Waals surface area contributed by atoms with Gasteiger partial charge < -0.3 is 9.64 Å². The van der Waals surface area contributed by atoms with Crippen molar-refractivity contribution in [1.29, 1.82) is 0 Å². The Bertz CT molecular complexity index is 869. The molecule has 1 aliphatic rings. The van der Waals surface area contributed by atoms with Gasteiger partial charge in [0.15, 0.2) is 5.82 Å². The van der Waals surface area contributed by atoms with E-state index in [-0.39, 0.29) is 6.10 Å². The van der Waals surface area contributed by atoms with Gasteiger partial charge in [0.2, 0.25) is 10.0 Å². The van der Waals surface area contributed by atoms with E-state index in [2.05, 4.69) is 9.97 Å². The van der Waals surface area contributed by atoms with Gasteiger partial charge in [-0.2, -0.15) is 4.31 Å². The van der Waals surface area contributed by atoms with Crippen LogP contribution in [0.15, 0.2) is 41.6 Å². The molecule has 27 heavy (non-hydrogen) atoms. The normalized spacial score (nSPS) is 18.3. The predicted molar refractivity (Wildman–Crippen MR) is 105 cm³/mol. The van der Waals surface area contributed by atoms with E-state index in [1.807, 2.05) is 38.1 Å². The molecule has 1 aromatic carbocycles. The van der Waals surface area contributed by atoms with Crippen molar-refractivity contribution in [2.75, 3.05) is 32.1 Å². The SMILES string of the molecule is CCc1ccc(S(=O)(=O)N2CCCC(Oc3nccnc3N(C)C)C2)cc1. The van der Waals surface area contributed by atoms with Crippen LogP contribution in [0.4, 0.5) is 5.82 Å². The molecule has 0 aliphatic carbocycles. The molecule has 7 nitrogen and oxygen atoms in total. The van der Waals surface area contributed by atoms with Crippen molar-refractivity contribution in [2.24, 2.45) is 0 Å². The molecular weight excluding hydrogens is 364 g/mol. The molecule has 0 bridgehead atoms. The Morgan fingerprint density at radius 1 is 1.19 bits per heavy atom. The third kappa shape index (κ3) is 4.39. The summed E-state index contributed by atoms with van der Waals surface area (Å²) in [6.07, 6.45) is 5.35. The van der Waals surface area contributed by atoms with Crippen molar-refractivity contribution >= 4 is 15.8 Å². The van der Waals surface area contributed by atoms with Crippen molar-refractivity contribution < 1.29 is 13.2 Å². The number of hydrogen-bond donors (Lipinski definition) is 0. The number of hydrogen-bond acceptors (Lipinski definition) is 6. The van der Waals surface area contributed by atoms with E-state index in [0.717, 1.165) is 24.8 Å². The van der Waals surface area contributed by atoms with Crippen LogP contribution in [0, 0.1) is 0 Å². The molecule has 1 aliphatic heterocycles. The van der Waals surface area contributed by atoms with Gasteiger partial charge in [-0.3, -0.25) is 0 Å². The largest absolute Gasteiger partial charge is 0.470 e. The van der Waals surface area contributed by atoms with Crippen LogP contribution in [-0.4, -0.2) is 56.0 Å². The smallest absolute Gasteiger partial charge is 0.257 e. The highest BCUT2D eigenvalue weighted by atomic mass is 32.2. The van der Waals surface area contributed by atoms with Gasteiger partial charge >= 0.3 is 0 Å². The number of piperidine rings is 1. The van der Waals surface area contributed by atoms with E-state index >= 15 is 0 Å². The molecule has 1 saturated heterocycles. The molecule has 1 fully saturated rings. The van der Waals surface area contributed by atoms with Gasteiger partial charge in [-0.15, -0.1) is 0 Å². The monoisotopic (exact) mass is 390 g/mol. The van der Waals surface area contributed by atoms with E-state index < -0.39 is 10.0 Å². The third-order valence-electron chi connectivity index (χ3n) is 4.66. The Morgan fingerprint density at radius 3 is 2.56 bits per heavy atom. The third-order valence-corrected chi connectivity index (χ3v) is 6.54. The fourth-order valence-corrected chi connectivity index (χ4v) is 4.64. The molecule has 2 heterocycles. The zero-order valence-electron chi connectivity index (χ0n) is 16.0. The van der Waals surface area contributed by atoms with Crippen LogP contribution in [0.3, 0.4) is 0 Å². The van der Waals surface area contributed by atoms with Crippen LogP contribution in [-0.2, 0) is 16.4 Å². The summed E-state index contributed by atoms with van der Waals surface area (Å²) >= 11 is 0. The van der Waals surface area contributed by atoms with E-state index in [1.165, 1.54) is 4.31 Å². The second-order valence-corrected chi connectivity index (χ2v) is 8.76. The molecular formula is C19H26N4O3S. The van der Waals surface area contributed by atoms with Gasteiger partial charge in [-0.05, 0) is 37.0 Å². The minimum absolute atomic E-state index is 0.251. The fourth-order valence-electron chi connectivity index (χ4n) is 3.13. The van der Waals surface area contributed by atoms with Crippen molar-refractivity contribution in [3.05, 3.63) is 42.2 Å². The highest BCUT2D eigenvalue weighted by Gasteiger charge is 2.31. The number of anilines is 1. The Labute approximate surface area is 161 Å². The standard InChI is InChI=1S/C19H26N4O3S/c1-4-15-7-9-17(10-8-15)27(24,25)23-13-5-6-16(14-23)26-19-18(22(2)3)20-11-12-21-19/h7-12,16H,4-6,13-14H2,1-3H3. The van der Waals surface area contributed by atoms with Gasteiger partial charge in [-0.1, -0.05) is 19.1 Å². The summed E-state index contributed by atoms with van der Waals surface area (Å²) in [5.74, 6) is 1.06. The molecule has 1 aromatic heterocycles. The maximum absolute atomic E-state index is 13.0. The molecule has 0 saturated carbocycles. The summed E-state index contributed by atoms with van der Waals surface area (Å²) < 4.78 is 33.5. The van der Waals surface area contributed by atoms with Crippen LogP contribution in [0.2, 0.25) is 0 Å². The molecule has 0 amide bonds. The molecule has 0 N–H and O–H groups in total. The summed E-state index contributed by atoms with van der Waals surface area (Å²) in [5, 5.41) is 0. The fraction of sp³-hybridized carbons (Fsp3) is 0.474. The van der Waals surface area contributed by atoms with Gasteiger partial charge in [0.1, 0.15) is 6.10 Å². The minimum atomic E-state index is -3.53. The van der Waals surface area contributed by atoms with Crippen LogP contribution >= 0.6 is 0 Å². The quantitative estimate of drug-likeness (QED) is 0.754. The van der Waals surface area contributed by atoms with Crippen molar-refractivity contribution in [2.45, 2.75) is 37.2 Å². The minimum Gasteiger partial charge on any atom is -0.470 e. The maximum Gasteiger partial charge on any atom is 0.257 e. The number of benzene rings is 1. The van der Waals surface area contributed by atoms with E-state index in [0.29, 0.717) is 29.7 Å². The predicted octanol–water partition coefficient (Wildman–Crippen LogP) is 2.34. The van der Waals surface area contributed by atoms with Crippen LogP contribution in [0.25, 0.3) is 0 Å². The molecule has 1 atom stereocenters. The molecule has 8 heteroatoms. The molecule has 0 radical (unpaired) electrons. The van der Waals surface area contributed by atoms with E-state index in [1.54, 1.807) is 24.5 Å². The van der Waals surface area contributed by atoms with Crippen LogP contribution < -0.4 is 9.64 Å². The Hall–Kier alpha value is -2.19. The zero-order valence-corrected chi connectivity index (χ0v) is 16.8. The Morgan fingerprint density at radius 2 is 1.89 bits per heavy atom. The Balaban J connectivity index is 1.75. The number of aromatic nitrogens is 2. The number of ether oxygens (including phenoxy) is 1. The summed E-state index contributed by atoms with van der Waals surface area (Å²) in [4.78, 5) is 10.7. The number of rotatable bonds is 6. The summed E-state index contributed by atoms with van der Waals surface area (Å²) in [7, 11) is 0.207. The molecule has 146 valence electrons. The van der Waals surface area contributed by atoms with E-state index in [9.17, 15) is 8.42 Å². The van der Waals surface area contributed by atoms with E-state index in [4.69, 9.17) is 4.74 Å². The number of sulfonamides is 1. The highest BCUT2D eigenvalue weighted by molar-refractivity contribution is 7.89. The van der Waals surface area contributed by atoms with Gasteiger partial charge in [0.05, 0.1) is 11.4 Å². The summed E-state index contributed by atoms with van der Waals surface area (Å²) in [6.45, 7) is 2.85. The van der Waals surface area contributed by atoms with Crippen molar-refractivity contribution in [3.8, 4) is 5.88 Å². The maximum atomic E-state index is 13.0. The zero-order chi connectivity index (χ0) is 19.4. The lowest BCUT2D eigenvalue weighted by Gasteiger charge is -2.32. The lowest BCUT2D eigenvalue weighted by atomic mass is 10.1. The molecule has 0 spiro atoms. The first kappa shape index (κ1) is 19.6. The van der Waals surface area contributed by atoms with Gasteiger partial charge in [0, 0.05) is 33.0 Å².